The van der Waals surface area contributed by atoms with Crippen LogP contribution in [-0.4, -0.2) is 39.4 Å². The van der Waals surface area contributed by atoms with Crippen LogP contribution in [0.3, 0.4) is 0 Å². The molecule has 3 nitrogen and oxygen atoms in total. The molecule has 2 fully saturated rings. The van der Waals surface area contributed by atoms with Crippen molar-refractivity contribution in [2.24, 2.45) is 5.73 Å². The highest BCUT2D eigenvalue weighted by Gasteiger charge is 2.32. The first-order valence-corrected chi connectivity index (χ1v) is 8.34. The molecule has 1 unspecified atom stereocenters. The number of carbonyl (C=O) groups excluding carboxylic acids is 1. The summed E-state index contributed by atoms with van der Waals surface area (Å²) in [5, 5.41) is 0.147. The number of thioether (sulfide) groups is 1. The van der Waals surface area contributed by atoms with E-state index in [4.69, 9.17) is 18.0 Å². The number of nitrogens with two attached hydrogens (primary N) is 1. The summed E-state index contributed by atoms with van der Waals surface area (Å²) in [5.41, 5.74) is 5.66. The van der Waals surface area contributed by atoms with Gasteiger partial charge >= 0.3 is 0 Å². The molecule has 0 aromatic carbocycles. The van der Waals surface area contributed by atoms with Crippen LogP contribution < -0.4 is 5.73 Å². The first-order chi connectivity index (χ1) is 8.68. The Morgan fingerprint density at radius 1 is 1.22 bits per heavy atom. The average Bonchev–Trinajstić information content (AvgIpc) is 2.89. The Kier molecular flexibility index (Phi) is 5.30. The van der Waals surface area contributed by atoms with E-state index in [1.165, 1.54) is 25.7 Å². The lowest BCUT2D eigenvalue weighted by Crippen LogP contribution is -2.47. The van der Waals surface area contributed by atoms with Crippen molar-refractivity contribution in [3.63, 3.8) is 0 Å². The highest BCUT2D eigenvalue weighted by atomic mass is 32.2. The predicted octanol–water partition coefficient (Wildman–Crippen LogP) is 2.33. The molecule has 2 aliphatic rings. The van der Waals surface area contributed by atoms with Crippen LogP contribution in [0, 0.1) is 0 Å². The van der Waals surface area contributed by atoms with E-state index in [1.54, 1.807) is 0 Å². The third-order valence-corrected chi connectivity index (χ3v) is 5.32. The number of hydrogen-bond acceptors (Lipinski definition) is 3. The van der Waals surface area contributed by atoms with Crippen molar-refractivity contribution < 1.29 is 4.79 Å². The number of thiocarbonyl (C=S) groups is 1. The molecular weight excluding hydrogens is 264 g/mol. The monoisotopic (exact) mass is 286 g/mol. The molecule has 18 heavy (non-hydrogen) atoms. The second-order valence-electron chi connectivity index (χ2n) is 5.23. The van der Waals surface area contributed by atoms with Crippen molar-refractivity contribution in [1.82, 2.24) is 4.90 Å². The summed E-state index contributed by atoms with van der Waals surface area (Å²) in [6.07, 6.45) is 8.12. The number of hydrogen-bond donors (Lipinski definition) is 1. The Labute approximate surface area is 119 Å². The fraction of sp³-hybridized carbons (Fsp3) is 0.846. The van der Waals surface area contributed by atoms with Crippen LogP contribution in [0.15, 0.2) is 0 Å². The van der Waals surface area contributed by atoms with E-state index < -0.39 is 0 Å². The van der Waals surface area contributed by atoms with Gasteiger partial charge in [0.05, 0.1) is 16.8 Å². The Hall–Kier alpha value is -0.290. The summed E-state index contributed by atoms with van der Waals surface area (Å²) in [6, 6.07) is 0.376. The van der Waals surface area contributed by atoms with Crippen LogP contribution in [0.1, 0.15) is 44.9 Å². The average molecular weight is 286 g/mol. The minimum Gasteiger partial charge on any atom is -0.392 e. The fourth-order valence-corrected chi connectivity index (χ4v) is 4.30. The third-order valence-electron chi connectivity index (χ3n) is 3.83. The van der Waals surface area contributed by atoms with Gasteiger partial charge in [-0.1, -0.05) is 31.5 Å². The summed E-state index contributed by atoms with van der Waals surface area (Å²) in [6.45, 7) is 0.468. The highest BCUT2D eigenvalue weighted by Crippen LogP contribution is 2.30. The van der Waals surface area contributed by atoms with Crippen molar-refractivity contribution in [2.75, 3.05) is 12.3 Å². The molecular formula is C13H22N2OS2. The zero-order chi connectivity index (χ0) is 13.0. The second-order valence-corrected chi connectivity index (χ2v) is 7.06. The van der Waals surface area contributed by atoms with Gasteiger partial charge in [-0.25, -0.2) is 0 Å². The Morgan fingerprint density at radius 2 is 1.89 bits per heavy atom. The molecule has 1 saturated heterocycles. The minimum absolute atomic E-state index is 0.147. The molecule has 1 atom stereocenters. The lowest BCUT2D eigenvalue weighted by atomic mass is 10.1. The van der Waals surface area contributed by atoms with Gasteiger partial charge in [-0.05, 0) is 31.4 Å². The lowest BCUT2D eigenvalue weighted by Gasteiger charge is -2.33. The van der Waals surface area contributed by atoms with Gasteiger partial charge in [-0.2, -0.15) is 0 Å². The Bertz CT molecular complexity index is 310. The first-order valence-electron chi connectivity index (χ1n) is 6.89. The molecule has 0 spiro atoms. The largest absolute Gasteiger partial charge is 0.392 e. The molecule has 0 aromatic heterocycles. The normalized spacial score (nSPS) is 25.0. The molecule has 1 heterocycles. The SMILES string of the molecule is NC(=S)CN(C(=O)C1CCCCS1)C1CCCC1. The van der Waals surface area contributed by atoms with Crippen LogP contribution in [0.2, 0.25) is 0 Å². The first kappa shape index (κ1) is 14.1. The van der Waals surface area contributed by atoms with Crippen molar-refractivity contribution in [3.8, 4) is 0 Å². The number of nitrogens with zero attached hydrogens (tertiary/aromatic N) is 1. The quantitative estimate of drug-likeness (QED) is 0.806. The fourth-order valence-electron chi connectivity index (χ4n) is 2.89. The van der Waals surface area contributed by atoms with Crippen LogP contribution in [0.25, 0.3) is 0 Å². The van der Waals surface area contributed by atoms with Crippen LogP contribution in [0.4, 0.5) is 0 Å². The van der Waals surface area contributed by atoms with Gasteiger partial charge in [0.15, 0.2) is 0 Å². The highest BCUT2D eigenvalue weighted by molar-refractivity contribution is 8.00. The van der Waals surface area contributed by atoms with Gasteiger partial charge in [0.1, 0.15) is 0 Å². The molecule has 2 rings (SSSR count). The van der Waals surface area contributed by atoms with Gasteiger partial charge in [0.2, 0.25) is 5.91 Å². The molecule has 5 heteroatoms. The van der Waals surface area contributed by atoms with E-state index in [-0.39, 0.29) is 11.2 Å². The van der Waals surface area contributed by atoms with Gasteiger partial charge in [-0.3, -0.25) is 4.79 Å². The maximum atomic E-state index is 12.6. The molecule has 1 saturated carbocycles. The summed E-state index contributed by atoms with van der Waals surface area (Å²) in [5.74, 6) is 1.39. The van der Waals surface area contributed by atoms with Gasteiger partial charge in [-0.15, -0.1) is 11.8 Å². The number of rotatable bonds is 4. The van der Waals surface area contributed by atoms with Gasteiger partial charge < -0.3 is 10.6 Å². The zero-order valence-electron chi connectivity index (χ0n) is 10.8. The van der Waals surface area contributed by atoms with Crippen molar-refractivity contribution in [2.45, 2.75) is 56.2 Å². The summed E-state index contributed by atoms with van der Waals surface area (Å²) >= 11 is 6.82. The topological polar surface area (TPSA) is 46.3 Å². The molecule has 1 aliphatic heterocycles. The van der Waals surface area contributed by atoms with Crippen LogP contribution >= 0.6 is 24.0 Å². The van der Waals surface area contributed by atoms with Gasteiger partial charge in [0.25, 0.3) is 0 Å². The Morgan fingerprint density at radius 3 is 2.44 bits per heavy atom. The van der Waals surface area contributed by atoms with E-state index >= 15 is 0 Å². The maximum absolute atomic E-state index is 12.6. The van der Waals surface area contributed by atoms with Crippen LogP contribution in [-0.2, 0) is 4.79 Å². The van der Waals surface area contributed by atoms with E-state index in [1.807, 2.05) is 16.7 Å². The second kappa shape index (κ2) is 6.75. The summed E-state index contributed by atoms with van der Waals surface area (Å²) in [4.78, 5) is 15.0. The molecule has 2 N–H and O–H groups in total. The molecule has 1 aliphatic carbocycles. The molecule has 102 valence electrons. The summed E-state index contributed by atoms with van der Waals surface area (Å²) in [7, 11) is 0. The molecule has 0 aromatic rings. The van der Waals surface area contributed by atoms with Crippen LogP contribution in [0.5, 0.6) is 0 Å². The Balaban J connectivity index is 2.01. The van der Waals surface area contributed by atoms with E-state index in [9.17, 15) is 4.79 Å². The lowest BCUT2D eigenvalue weighted by molar-refractivity contribution is -0.132. The third kappa shape index (κ3) is 3.60. The smallest absolute Gasteiger partial charge is 0.236 e. The van der Waals surface area contributed by atoms with Crippen molar-refractivity contribution in [1.29, 1.82) is 0 Å². The molecule has 1 amide bonds. The molecule has 0 bridgehead atoms. The minimum atomic E-state index is 0.147. The van der Waals surface area contributed by atoms with Crippen molar-refractivity contribution in [3.05, 3.63) is 0 Å². The summed E-state index contributed by atoms with van der Waals surface area (Å²) < 4.78 is 0. The van der Waals surface area contributed by atoms with E-state index in [0.29, 0.717) is 17.6 Å². The molecule has 0 radical (unpaired) electrons. The van der Waals surface area contributed by atoms with E-state index in [2.05, 4.69) is 0 Å². The maximum Gasteiger partial charge on any atom is 0.236 e. The standard InChI is InChI=1S/C13H22N2OS2/c14-12(17)9-15(10-5-1-2-6-10)13(16)11-7-3-4-8-18-11/h10-11H,1-9H2,(H2,14,17). The van der Waals surface area contributed by atoms with Crippen molar-refractivity contribution >= 4 is 34.9 Å². The predicted molar refractivity (Wildman–Crippen MR) is 80.9 cm³/mol. The number of amides is 1. The number of carbonyl (C=O) groups is 1. The zero-order valence-corrected chi connectivity index (χ0v) is 12.4. The van der Waals surface area contributed by atoms with Gasteiger partial charge in [0, 0.05) is 6.04 Å². The van der Waals surface area contributed by atoms with E-state index in [0.717, 1.165) is 25.0 Å².